The molecule has 3 nitrogen and oxygen atoms in total. The van der Waals surface area contributed by atoms with Gasteiger partial charge >= 0.3 is 5.97 Å². The van der Waals surface area contributed by atoms with Gasteiger partial charge in [-0.1, -0.05) is 61.9 Å². The summed E-state index contributed by atoms with van der Waals surface area (Å²) >= 11 is 0. The number of rotatable bonds is 7. The van der Waals surface area contributed by atoms with Gasteiger partial charge in [-0.3, -0.25) is 0 Å². The fourth-order valence-corrected chi connectivity index (χ4v) is 3.20. The molecule has 3 rings (SSSR count). The number of hydrogen-bond donors (Lipinski definition) is 0. The summed E-state index contributed by atoms with van der Waals surface area (Å²) in [5, 5.41) is 0. The summed E-state index contributed by atoms with van der Waals surface area (Å²) in [6.07, 6.45) is 2.42. The van der Waals surface area contributed by atoms with E-state index in [1.54, 1.807) is 12.1 Å². The minimum absolute atomic E-state index is 0.237. The van der Waals surface area contributed by atoms with Crippen LogP contribution in [0.3, 0.4) is 0 Å². The zero-order valence-electron chi connectivity index (χ0n) is 16.6. The molecule has 0 aliphatic carbocycles. The predicted molar refractivity (Wildman–Crippen MR) is 114 cm³/mol. The standard InChI is InChI=1S/C25H26O3/c1-4-5-18(2)28-24-16-14-22(15-17-24)20-8-6-19(7-9-20)21-10-12-23(13-11-21)25(26)27-3/h6-18H,4-5H2,1-3H3. The molecule has 0 N–H and O–H groups in total. The van der Waals surface area contributed by atoms with Crippen molar-refractivity contribution in [2.45, 2.75) is 32.8 Å². The maximum atomic E-state index is 11.5. The van der Waals surface area contributed by atoms with Crippen LogP contribution in [0.25, 0.3) is 22.3 Å². The van der Waals surface area contributed by atoms with Gasteiger partial charge in [-0.25, -0.2) is 4.79 Å². The molecule has 0 saturated heterocycles. The fourth-order valence-electron chi connectivity index (χ4n) is 3.20. The minimum Gasteiger partial charge on any atom is -0.491 e. The van der Waals surface area contributed by atoms with Gasteiger partial charge in [-0.05, 0) is 59.9 Å². The van der Waals surface area contributed by atoms with E-state index in [1.807, 2.05) is 24.3 Å². The number of benzene rings is 3. The Morgan fingerprint density at radius 1 is 0.786 bits per heavy atom. The van der Waals surface area contributed by atoms with Gasteiger partial charge < -0.3 is 9.47 Å². The van der Waals surface area contributed by atoms with Gasteiger partial charge in [0.2, 0.25) is 0 Å². The Morgan fingerprint density at radius 3 is 1.64 bits per heavy atom. The van der Waals surface area contributed by atoms with Crippen molar-refractivity contribution in [3.8, 4) is 28.0 Å². The maximum absolute atomic E-state index is 11.5. The van der Waals surface area contributed by atoms with Gasteiger partial charge in [-0.2, -0.15) is 0 Å². The minimum atomic E-state index is -0.321. The highest BCUT2D eigenvalue weighted by Crippen LogP contribution is 2.27. The Labute approximate surface area is 166 Å². The molecule has 3 aromatic carbocycles. The van der Waals surface area contributed by atoms with Crippen molar-refractivity contribution in [3.63, 3.8) is 0 Å². The average Bonchev–Trinajstić information content (AvgIpc) is 2.74. The summed E-state index contributed by atoms with van der Waals surface area (Å²) in [5.74, 6) is 0.588. The first-order valence-electron chi connectivity index (χ1n) is 9.66. The second-order valence-corrected chi connectivity index (χ2v) is 6.89. The lowest BCUT2D eigenvalue weighted by atomic mass is 9.99. The van der Waals surface area contributed by atoms with E-state index >= 15 is 0 Å². The summed E-state index contributed by atoms with van der Waals surface area (Å²) in [6.45, 7) is 4.27. The summed E-state index contributed by atoms with van der Waals surface area (Å²) in [7, 11) is 1.39. The monoisotopic (exact) mass is 374 g/mol. The zero-order chi connectivity index (χ0) is 19.9. The molecule has 0 heterocycles. The molecule has 1 atom stereocenters. The second kappa shape index (κ2) is 9.23. The third kappa shape index (κ3) is 4.80. The van der Waals surface area contributed by atoms with Gasteiger partial charge in [0.25, 0.3) is 0 Å². The Balaban J connectivity index is 1.71. The van der Waals surface area contributed by atoms with Crippen LogP contribution in [0, 0.1) is 0 Å². The van der Waals surface area contributed by atoms with Crippen molar-refractivity contribution in [1.29, 1.82) is 0 Å². The lowest BCUT2D eigenvalue weighted by molar-refractivity contribution is 0.0600. The number of hydrogen-bond acceptors (Lipinski definition) is 3. The van der Waals surface area contributed by atoms with E-state index < -0.39 is 0 Å². The van der Waals surface area contributed by atoms with Crippen LogP contribution in [-0.2, 0) is 4.74 Å². The fraction of sp³-hybridized carbons (Fsp3) is 0.240. The number of carbonyl (C=O) groups excluding carboxylic acids is 1. The van der Waals surface area contributed by atoms with Crippen molar-refractivity contribution in [2.75, 3.05) is 7.11 Å². The summed E-state index contributed by atoms with van der Waals surface area (Å²) in [6, 6.07) is 24.1. The van der Waals surface area contributed by atoms with Gasteiger partial charge in [-0.15, -0.1) is 0 Å². The van der Waals surface area contributed by atoms with Crippen LogP contribution in [0.5, 0.6) is 5.75 Å². The van der Waals surface area contributed by atoms with E-state index in [0.29, 0.717) is 5.56 Å². The molecular formula is C25H26O3. The first-order chi connectivity index (χ1) is 13.6. The van der Waals surface area contributed by atoms with Crippen LogP contribution in [0.4, 0.5) is 0 Å². The molecule has 3 heteroatoms. The molecule has 3 aromatic rings. The van der Waals surface area contributed by atoms with Gasteiger partial charge in [0.15, 0.2) is 0 Å². The Kier molecular flexibility index (Phi) is 6.49. The SMILES string of the molecule is CCCC(C)Oc1ccc(-c2ccc(-c3ccc(C(=O)OC)cc3)cc2)cc1. The zero-order valence-corrected chi connectivity index (χ0v) is 16.6. The smallest absolute Gasteiger partial charge is 0.337 e. The molecule has 0 spiro atoms. The Bertz CT molecular complexity index is 894. The van der Waals surface area contributed by atoms with E-state index in [0.717, 1.165) is 40.8 Å². The molecule has 0 aliphatic heterocycles. The summed E-state index contributed by atoms with van der Waals surface area (Å²) < 4.78 is 10.7. The average molecular weight is 374 g/mol. The van der Waals surface area contributed by atoms with E-state index in [-0.39, 0.29) is 12.1 Å². The van der Waals surface area contributed by atoms with Crippen LogP contribution >= 0.6 is 0 Å². The molecule has 0 fully saturated rings. The molecule has 0 bridgehead atoms. The van der Waals surface area contributed by atoms with Crippen molar-refractivity contribution in [2.24, 2.45) is 0 Å². The molecule has 28 heavy (non-hydrogen) atoms. The van der Waals surface area contributed by atoms with Crippen molar-refractivity contribution in [3.05, 3.63) is 78.4 Å². The highest BCUT2D eigenvalue weighted by atomic mass is 16.5. The third-order valence-electron chi connectivity index (χ3n) is 4.74. The molecule has 144 valence electrons. The van der Waals surface area contributed by atoms with Crippen molar-refractivity contribution < 1.29 is 14.3 Å². The lowest BCUT2D eigenvalue weighted by Gasteiger charge is -2.14. The highest BCUT2D eigenvalue weighted by molar-refractivity contribution is 5.90. The normalized spacial score (nSPS) is 11.7. The lowest BCUT2D eigenvalue weighted by Crippen LogP contribution is -2.10. The quantitative estimate of drug-likeness (QED) is 0.450. The van der Waals surface area contributed by atoms with E-state index in [4.69, 9.17) is 9.47 Å². The first-order valence-corrected chi connectivity index (χ1v) is 9.66. The molecule has 0 saturated carbocycles. The van der Waals surface area contributed by atoms with Crippen LogP contribution in [0.2, 0.25) is 0 Å². The number of methoxy groups -OCH3 is 1. The molecule has 1 unspecified atom stereocenters. The molecule has 0 aliphatic rings. The third-order valence-corrected chi connectivity index (χ3v) is 4.74. The van der Waals surface area contributed by atoms with Crippen molar-refractivity contribution >= 4 is 5.97 Å². The van der Waals surface area contributed by atoms with E-state index in [1.165, 1.54) is 7.11 Å². The summed E-state index contributed by atoms with van der Waals surface area (Å²) in [5.41, 5.74) is 5.03. The molecule has 0 aromatic heterocycles. The number of esters is 1. The highest BCUT2D eigenvalue weighted by Gasteiger charge is 2.06. The Morgan fingerprint density at radius 2 is 1.21 bits per heavy atom. The number of carbonyl (C=O) groups is 1. The van der Waals surface area contributed by atoms with E-state index in [9.17, 15) is 4.79 Å². The maximum Gasteiger partial charge on any atom is 0.337 e. The Hall–Kier alpha value is -3.07. The number of ether oxygens (including phenoxy) is 2. The van der Waals surface area contributed by atoms with Crippen LogP contribution < -0.4 is 4.74 Å². The van der Waals surface area contributed by atoms with Crippen LogP contribution in [0.15, 0.2) is 72.8 Å². The van der Waals surface area contributed by atoms with Gasteiger partial charge in [0.1, 0.15) is 5.75 Å². The second-order valence-electron chi connectivity index (χ2n) is 6.89. The van der Waals surface area contributed by atoms with Gasteiger partial charge in [0.05, 0.1) is 18.8 Å². The van der Waals surface area contributed by atoms with Gasteiger partial charge in [0, 0.05) is 0 Å². The molecule has 0 radical (unpaired) electrons. The van der Waals surface area contributed by atoms with Crippen molar-refractivity contribution in [1.82, 2.24) is 0 Å². The topological polar surface area (TPSA) is 35.5 Å². The first kappa shape index (κ1) is 19.7. The van der Waals surface area contributed by atoms with Crippen LogP contribution in [0.1, 0.15) is 37.0 Å². The largest absolute Gasteiger partial charge is 0.491 e. The van der Waals surface area contributed by atoms with Crippen LogP contribution in [-0.4, -0.2) is 19.2 Å². The summed E-state index contributed by atoms with van der Waals surface area (Å²) in [4.78, 5) is 11.5. The molecular weight excluding hydrogens is 348 g/mol. The predicted octanol–water partition coefficient (Wildman–Crippen LogP) is 6.37. The van der Waals surface area contributed by atoms with E-state index in [2.05, 4.69) is 50.2 Å². The molecule has 0 amide bonds.